The summed E-state index contributed by atoms with van der Waals surface area (Å²) < 4.78 is 15.4. The van der Waals surface area contributed by atoms with Crippen LogP contribution in [0, 0.1) is 18.7 Å². The smallest absolute Gasteiger partial charge is 0.265 e. The van der Waals surface area contributed by atoms with E-state index in [1.165, 1.54) is 66.0 Å². The molecular weight excluding hydrogens is 610 g/mol. The SMILES string of the molecule is C/C(=C\C(=C/NC=O)c1cccc(NC(=O)c2cc3c(s2)CCCCC3)c1F)C(C)C.Cc1ccc(N2CCN(C3CC3)CC2)cn1. The molecule has 0 atom stereocenters. The fourth-order valence-corrected chi connectivity index (χ4v) is 7.13. The second-order valence-electron chi connectivity index (χ2n) is 13.1. The number of halogens is 1. The molecule has 0 radical (unpaired) electrons. The average Bonchev–Trinajstić information content (AvgIpc) is 3.88. The highest BCUT2D eigenvalue weighted by Gasteiger charge is 2.31. The summed E-state index contributed by atoms with van der Waals surface area (Å²) in [6.45, 7) is 12.8. The van der Waals surface area contributed by atoms with Crippen molar-refractivity contribution >= 4 is 40.6 Å². The van der Waals surface area contributed by atoms with Crippen LogP contribution in [0.4, 0.5) is 15.8 Å². The summed E-state index contributed by atoms with van der Waals surface area (Å²) in [5.74, 6) is -0.542. The lowest BCUT2D eigenvalue weighted by Gasteiger charge is -2.36. The van der Waals surface area contributed by atoms with Gasteiger partial charge in [0.15, 0.2) is 5.82 Å². The fourth-order valence-electron chi connectivity index (χ4n) is 5.98. The highest BCUT2D eigenvalue weighted by molar-refractivity contribution is 7.14. The lowest BCUT2D eigenvalue weighted by Crippen LogP contribution is -2.47. The number of carbonyl (C=O) groups is 2. The van der Waals surface area contributed by atoms with Crippen LogP contribution < -0.4 is 15.5 Å². The maximum atomic E-state index is 15.4. The number of nitrogens with zero attached hydrogens (tertiary/aromatic N) is 3. The van der Waals surface area contributed by atoms with E-state index in [-0.39, 0.29) is 17.5 Å². The predicted octanol–water partition coefficient (Wildman–Crippen LogP) is 7.77. The molecular formula is C38H48FN5O2S. The summed E-state index contributed by atoms with van der Waals surface area (Å²) >= 11 is 1.51. The second kappa shape index (κ2) is 16.3. The van der Waals surface area contributed by atoms with Crippen LogP contribution in [0.15, 0.2) is 60.4 Å². The van der Waals surface area contributed by atoms with E-state index in [0.29, 0.717) is 22.4 Å². The van der Waals surface area contributed by atoms with E-state index in [9.17, 15) is 9.59 Å². The van der Waals surface area contributed by atoms with Crippen LogP contribution in [0.1, 0.15) is 84.2 Å². The number of hydrogen-bond donors (Lipinski definition) is 2. The van der Waals surface area contributed by atoms with E-state index < -0.39 is 5.82 Å². The van der Waals surface area contributed by atoms with E-state index in [1.54, 1.807) is 18.2 Å². The number of rotatable bonds is 9. The summed E-state index contributed by atoms with van der Waals surface area (Å²) in [5, 5.41) is 5.24. The van der Waals surface area contributed by atoms with Gasteiger partial charge in [-0.1, -0.05) is 44.1 Å². The Morgan fingerprint density at radius 3 is 2.51 bits per heavy atom. The summed E-state index contributed by atoms with van der Waals surface area (Å²) in [6, 6.07) is 12.1. The van der Waals surface area contributed by atoms with E-state index in [4.69, 9.17) is 0 Å². The second-order valence-corrected chi connectivity index (χ2v) is 14.2. The molecule has 3 aromatic rings. The van der Waals surface area contributed by atoms with Gasteiger partial charge < -0.3 is 15.5 Å². The number of aryl methyl sites for hydroxylation is 3. The van der Waals surface area contributed by atoms with Crippen molar-refractivity contribution in [3.63, 3.8) is 0 Å². The van der Waals surface area contributed by atoms with Gasteiger partial charge >= 0.3 is 0 Å². The molecule has 2 amide bonds. The number of benzene rings is 1. The van der Waals surface area contributed by atoms with Crippen LogP contribution in [0.2, 0.25) is 0 Å². The zero-order valence-corrected chi connectivity index (χ0v) is 29.0. The zero-order valence-electron chi connectivity index (χ0n) is 28.2. The Kier molecular flexibility index (Phi) is 12.0. The van der Waals surface area contributed by atoms with Gasteiger partial charge in [0.2, 0.25) is 6.41 Å². The number of carbonyl (C=O) groups excluding carboxylic acids is 2. The Labute approximate surface area is 283 Å². The molecule has 0 spiro atoms. The molecule has 0 unspecified atom stereocenters. The first-order valence-electron chi connectivity index (χ1n) is 16.9. The monoisotopic (exact) mass is 657 g/mol. The summed E-state index contributed by atoms with van der Waals surface area (Å²) in [7, 11) is 0. The number of aromatic nitrogens is 1. The lowest BCUT2D eigenvalue weighted by molar-refractivity contribution is -0.108. The van der Waals surface area contributed by atoms with Crippen molar-refractivity contribution in [2.24, 2.45) is 5.92 Å². The number of amides is 2. The minimum atomic E-state index is -0.527. The number of fused-ring (bicyclic) bond motifs is 1. The van der Waals surface area contributed by atoms with Crippen LogP contribution in [0.3, 0.4) is 0 Å². The number of piperazine rings is 1. The van der Waals surface area contributed by atoms with Crippen molar-refractivity contribution in [3.05, 3.63) is 92.8 Å². The molecule has 7 nitrogen and oxygen atoms in total. The zero-order chi connectivity index (χ0) is 33.3. The van der Waals surface area contributed by atoms with Crippen molar-refractivity contribution in [3.8, 4) is 0 Å². The Morgan fingerprint density at radius 1 is 1.06 bits per heavy atom. The molecule has 47 heavy (non-hydrogen) atoms. The Balaban J connectivity index is 0.000000225. The van der Waals surface area contributed by atoms with E-state index in [1.807, 2.05) is 46.0 Å². The number of hydrogen-bond acceptors (Lipinski definition) is 6. The summed E-state index contributed by atoms with van der Waals surface area (Å²) in [5.41, 5.74) is 5.65. The molecule has 0 bridgehead atoms. The molecule has 2 aromatic heterocycles. The number of thiophene rings is 1. The van der Waals surface area contributed by atoms with Gasteiger partial charge in [-0.3, -0.25) is 19.5 Å². The number of anilines is 2. The largest absolute Gasteiger partial charge is 0.368 e. The van der Waals surface area contributed by atoms with Crippen LogP contribution >= 0.6 is 11.3 Å². The molecule has 250 valence electrons. The molecule has 2 fully saturated rings. The molecule has 1 saturated carbocycles. The highest BCUT2D eigenvalue weighted by Crippen LogP contribution is 2.32. The number of allylic oxidation sites excluding steroid dienone is 3. The molecule has 1 aromatic carbocycles. The average molecular weight is 658 g/mol. The molecule has 2 N–H and O–H groups in total. The maximum Gasteiger partial charge on any atom is 0.265 e. The van der Waals surface area contributed by atoms with Gasteiger partial charge in [-0.25, -0.2) is 4.39 Å². The lowest BCUT2D eigenvalue weighted by atomic mass is 9.98. The Bertz CT molecular complexity index is 1560. The quantitative estimate of drug-likeness (QED) is 0.140. The topological polar surface area (TPSA) is 77.6 Å². The third-order valence-corrected chi connectivity index (χ3v) is 10.5. The molecule has 3 heterocycles. The molecule has 6 rings (SSSR count). The van der Waals surface area contributed by atoms with Crippen molar-refractivity contribution in [2.45, 2.75) is 78.7 Å². The van der Waals surface area contributed by atoms with Gasteiger partial charge in [-0.2, -0.15) is 0 Å². The van der Waals surface area contributed by atoms with Crippen molar-refractivity contribution < 1.29 is 14.0 Å². The third-order valence-electron chi connectivity index (χ3n) is 9.27. The molecule has 1 aliphatic heterocycles. The van der Waals surface area contributed by atoms with Crippen molar-refractivity contribution in [1.29, 1.82) is 0 Å². The number of pyridine rings is 1. The van der Waals surface area contributed by atoms with Gasteiger partial charge in [0.05, 0.1) is 22.4 Å². The van der Waals surface area contributed by atoms with Gasteiger partial charge in [-0.15, -0.1) is 11.3 Å². The van der Waals surface area contributed by atoms with Crippen LogP contribution in [-0.4, -0.2) is 54.4 Å². The normalized spacial score (nSPS) is 17.4. The standard InChI is InChI=1S/C25H29FN2O2S.C13H19N3/c1-16(2)17(3)12-19(14-27-15-29)20-9-7-10-21(24(20)26)28-25(30)23-13-18-8-5-4-6-11-22(18)31-23;1-11-2-3-13(10-14-11)16-8-6-15(7-9-16)12-4-5-12/h7,9-10,12-16H,4-6,8,11H2,1-3H3,(H,27,29)(H,28,30);2-3,10,12H,4-9H2,1H3/b17-12+,19-14+;. The third kappa shape index (κ3) is 9.39. The van der Waals surface area contributed by atoms with Crippen LogP contribution in [0.5, 0.6) is 0 Å². The van der Waals surface area contributed by atoms with E-state index in [2.05, 4.69) is 37.6 Å². The number of nitrogens with one attached hydrogen (secondary N) is 2. The highest BCUT2D eigenvalue weighted by atomic mass is 32.1. The van der Waals surface area contributed by atoms with Crippen LogP contribution in [-0.2, 0) is 17.6 Å². The summed E-state index contributed by atoms with van der Waals surface area (Å²) in [4.78, 5) is 35.0. The first-order valence-corrected chi connectivity index (χ1v) is 17.8. The van der Waals surface area contributed by atoms with Crippen molar-refractivity contribution in [2.75, 3.05) is 36.4 Å². The predicted molar refractivity (Wildman–Crippen MR) is 191 cm³/mol. The molecule has 1 saturated heterocycles. The minimum absolute atomic E-state index is 0.124. The maximum absolute atomic E-state index is 15.4. The van der Waals surface area contributed by atoms with Crippen molar-refractivity contribution in [1.82, 2.24) is 15.2 Å². The van der Waals surface area contributed by atoms with Gasteiger partial charge in [0, 0.05) is 60.1 Å². The van der Waals surface area contributed by atoms with Gasteiger partial charge in [0.1, 0.15) is 0 Å². The first kappa shape index (κ1) is 34.5. The molecule has 2 aliphatic carbocycles. The molecule has 3 aliphatic rings. The van der Waals surface area contributed by atoms with E-state index in [0.717, 1.165) is 56.1 Å². The molecule has 9 heteroatoms. The summed E-state index contributed by atoms with van der Waals surface area (Å²) in [6.07, 6.45) is 14.2. The van der Waals surface area contributed by atoms with Gasteiger partial charge in [0.25, 0.3) is 5.91 Å². The van der Waals surface area contributed by atoms with Gasteiger partial charge in [-0.05, 0) is 88.1 Å². The first-order chi connectivity index (χ1) is 22.7. The minimum Gasteiger partial charge on any atom is -0.368 e. The Hall–Kier alpha value is -3.82. The van der Waals surface area contributed by atoms with Crippen LogP contribution in [0.25, 0.3) is 5.57 Å². The fraction of sp³-hybridized carbons (Fsp3) is 0.447. The Morgan fingerprint density at radius 2 is 1.83 bits per heavy atom. The van der Waals surface area contributed by atoms with E-state index >= 15 is 4.39 Å².